The van der Waals surface area contributed by atoms with E-state index >= 15 is 0 Å². The SMILES string of the molecule is COc1ccc(-n2c(O)c(C=NCCN3CCNCC3)c(=O)[nH]c2=O)cc1. The molecule has 2 aromatic rings. The highest BCUT2D eigenvalue weighted by Gasteiger charge is 2.14. The van der Waals surface area contributed by atoms with Crippen LogP contribution in [0.3, 0.4) is 0 Å². The fourth-order valence-electron chi connectivity index (χ4n) is 2.92. The molecule has 0 unspecified atom stereocenters. The molecule has 0 atom stereocenters. The third-order valence-electron chi connectivity index (χ3n) is 4.43. The van der Waals surface area contributed by atoms with Crippen LogP contribution >= 0.6 is 0 Å². The molecule has 1 saturated heterocycles. The van der Waals surface area contributed by atoms with Gasteiger partial charge in [0.15, 0.2) is 0 Å². The van der Waals surface area contributed by atoms with Crippen molar-refractivity contribution in [2.45, 2.75) is 0 Å². The van der Waals surface area contributed by atoms with Gasteiger partial charge in [-0.2, -0.15) is 0 Å². The molecule has 27 heavy (non-hydrogen) atoms. The number of piperazine rings is 1. The van der Waals surface area contributed by atoms with E-state index in [1.807, 2.05) is 0 Å². The van der Waals surface area contributed by atoms with Crippen LogP contribution in [-0.2, 0) is 0 Å². The summed E-state index contributed by atoms with van der Waals surface area (Å²) in [4.78, 5) is 33.0. The van der Waals surface area contributed by atoms with E-state index < -0.39 is 17.1 Å². The molecule has 1 aromatic carbocycles. The Hall–Kier alpha value is -2.91. The van der Waals surface area contributed by atoms with Crippen LogP contribution in [0.2, 0.25) is 0 Å². The largest absolute Gasteiger partial charge is 0.497 e. The number of nitrogens with zero attached hydrogens (tertiary/aromatic N) is 3. The van der Waals surface area contributed by atoms with Crippen molar-refractivity contribution in [2.75, 3.05) is 46.4 Å². The Labute approximate surface area is 155 Å². The van der Waals surface area contributed by atoms with E-state index in [9.17, 15) is 14.7 Å². The van der Waals surface area contributed by atoms with Crippen LogP contribution in [0.1, 0.15) is 5.56 Å². The van der Waals surface area contributed by atoms with Gasteiger partial charge in [0.05, 0.1) is 19.3 Å². The molecule has 9 nitrogen and oxygen atoms in total. The van der Waals surface area contributed by atoms with Gasteiger partial charge in [-0.1, -0.05) is 0 Å². The number of aromatic hydroxyl groups is 1. The van der Waals surface area contributed by atoms with Crippen molar-refractivity contribution in [3.63, 3.8) is 0 Å². The lowest BCUT2D eigenvalue weighted by Gasteiger charge is -2.26. The molecular weight excluding hydrogens is 350 g/mol. The lowest BCUT2D eigenvalue weighted by atomic mass is 10.2. The smallest absolute Gasteiger partial charge is 0.335 e. The van der Waals surface area contributed by atoms with Crippen molar-refractivity contribution < 1.29 is 9.84 Å². The third kappa shape index (κ3) is 4.44. The zero-order chi connectivity index (χ0) is 19.2. The lowest BCUT2D eigenvalue weighted by molar-refractivity contribution is 0.248. The Morgan fingerprint density at radius 1 is 1.22 bits per heavy atom. The van der Waals surface area contributed by atoms with Crippen LogP contribution in [0.5, 0.6) is 11.6 Å². The summed E-state index contributed by atoms with van der Waals surface area (Å²) in [6.45, 7) is 5.11. The molecule has 1 fully saturated rings. The van der Waals surface area contributed by atoms with Gasteiger partial charge in [-0.25, -0.2) is 9.36 Å². The number of H-pyrrole nitrogens is 1. The molecule has 3 rings (SSSR count). The predicted octanol–water partition coefficient (Wildman–Crippen LogP) is -0.436. The van der Waals surface area contributed by atoms with Crippen molar-refractivity contribution in [3.8, 4) is 17.3 Å². The summed E-state index contributed by atoms with van der Waals surface area (Å²) in [5, 5.41) is 13.8. The molecule has 0 saturated carbocycles. The number of ether oxygens (including phenoxy) is 1. The van der Waals surface area contributed by atoms with Crippen molar-refractivity contribution in [1.82, 2.24) is 19.8 Å². The second-order valence-electron chi connectivity index (χ2n) is 6.16. The quantitative estimate of drug-likeness (QED) is 0.592. The summed E-state index contributed by atoms with van der Waals surface area (Å²) in [7, 11) is 1.54. The fourth-order valence-corrected chi connectivity index (χ4v) is 2.92. The minimum absolute atomic E-state index is 0.0503. The first-order valence-corrected chi connectivity index (χ1v) is 8.76. The zero-order valence-electron chi connectivity index (χ0n) is 15.1. The monoisotopic (exact) mass is 373 g/mol. The lowest BCUT2D eigenvalue weighted by Crippen LogP contribution is -2.44. The van der Waals surface area contributed by atoms with E-state index in [0.717, 1.165) is 37.3 Å². The van der Waals surface area contributed by atoms with Crippen molar-refractivity contribution in [2.24, 2.45) is 4.99 Å². The molecule has 3 N–H and O–H groups in total. The minimum atomic E-state index is -0.722. The van der Waals surface area contributed by atoms with Gasteiger partial charge in [-0.15, -0.1) is 0 Å². The molecule has 0 amide bonds. The van der Waals surface area contributed by atoms with E-state index in [1.54, 1.807) is 24.3 Å². The normalized spacial score (nSPS) is 15.3. The Morgan fingerprint density at radius 2 is 1.93 bits per heavy atom. The third-order valence-corrected chi connectivity index (χ3v) is 4.43. The second kappa shape index (κ2) is 8.65. The number of hydrogen-bond acceptors (Lipinski definition) is 7. The van der Waals surface area contributed by atoms with Gasteiger partial charge in [-0.05, 0) is 24.3 Å². The van der Waals surface area contributed by atoms with Gasteiger partial charge in [0.2, 0.25) is 5.88 Å². The minimum Gasteiger partial charge on any atom is -0.497 e. The van der Waals surface area contributed by atoms with Crippen LogP contribution in [0.15, 0.2) is 38.8 Å². The second-order valence-corrected chi connectivity index (χ2v) is 6.16. The molecule has 1 aromatic heterocycles. The molecule has 0 radical (unpaired) electrons. The Morgan fingerprint density at radius 3 is 2.59 bits per heavy atom. The number of rotatable bonds is 6. The van der Waals surface area contributed by atoms with Crippen LogP contribution in [0.25, 0.3) is 5.69 Å². The maximum absolute atomic E-state index is 12.2. The van der Waals surface area contributed by atoms with Gasteiger partial charge in [0.1, 0.15) is 11.3 Å². The number of aromatic nitrogens is 2. The molecule has 2 heterocycles. The van der Waals surface area contributed by atoms with Crippen molar-refractivity contribution in [3.05, 3.63) is 50.7 Å². The van der Waals surface area contributed by atoms with E-state index in [-0.39, 0.29) is 5.56 Å². The number of aliphatic imine (C=N–C) groups is 1. The first kappa shape index (κ1) is 18.9. The fraction of sp³-hybridized carbons (Fsp3) is 0.389. The summed E-state index contributed by atoms with van der Waals surface area (Å²) in [5.41, 5.74) is -1.04. The van der Waals surface area contributed by atoms with Crippen LogP contribution in [0.4, 0.5) is 0 Å². The number of aromatic amines is 1. The predicted molar refractivity (Wildman–Crippen MR) is 103 cm³/mol. The molecule has 0 spiro atoms. The van der Waals surface area contributed by atoms with Gasteiger partial charge < -0.3 is 15.2 Å². The maximum Gasteiger partial charge on any atom is 0.335 e. The highest BCUT2D eigenvalue weighted by molar-refractivity contribution is 5.82. The number of benzene rings is 1. The summed E-state index contributed by atoms with van der Waals surface area (Å²) in [6.07, 6.45) is 1.32. The number of nitrogens with one attached hydrogen (secondary N) is 2. The Balaban J connectivity index is 1.81. The van der Waals surface area contributed by atoms with E-state index in [2.05, 4.69) is 20.2 Å². The highest BCUT2D eigenvalue weighted by Crippen LogP contribution is 2.18. The number of methoxy groups -OCH3 is 1. The highest BCUT2D eigenvalue weighted by atomic mass is 16.5. The van der Waals surface area contributed by atoms with Crippen molar-refractivity contribution >= 4 is 6.21 Å². The summed E-state index contributed by atoms with van der Waals surface area (Å²) >= 11 is 0. The summed E-state index contributed by atoms with van der Waals surface area (Å²) in [5.74, 6) is 0.172. The zero-order valence-corrected chi connectivity index (χ0v) is 15.1. The molecule has 9 heteroatoms. The summed E-state index contributed by atoms with van der Waals surface area (Å²) < 4.78 is 6.11. The van der Waals surface area contributed by atoms with Gasteiger partial charge in [0.25, 0.3) is 5.56 Å². The molecule has 1 aliphatic heterocycles. The average Bonchev–Trinajstić information content (AvgIpc) is 2.68. The molecular formula is C18H23N5O4. The van der Waals surface area contributed by atoms with Gasteiger partial charge >= 0.3 is 5.69 Å². The first-order chi connectivity index (χ1) is 13.1. The number of hydrogen-bond donors (Lipinski definition) is 3. The van der Waals surface area contributed by atoms with Crippen molar-refractivity contribution in [1.29, 1.82) is 0 Å². The van der Waals surface area contributed by atoms with E-state index in [0.29, 0.717) is 18.0 Å². The topological polar surface area (TPSA) is 112 Å². The summed E-state index contributed by atoms with van der Waals surface area (Å²) in [6, 6.07) is 6.55. The van der Waals surface area contributed by atoms with Crippen LogP contribution in [0, 0.1) is 0 Å². The Kier molecular flexibility index (Phi) is 6.05. The molecule has 0 bridgehead atoms. The molecule has 144 valence electrons. The Bertz CT molecular complexity index is 911. The van der Waals surface area contributed by atoms with E-state index in [4.69, 9.17) is 4.74 Å². The van der Waals surface area contributed by atoms with Gasteiger partial charge in [-0.3, -0.25) is 19.7 Å². The van der Waals surface area contributed by atoms with E-state index in [1.165, 1.54) is 13.3 Å². The van der Waals surface area contributed by atoms with Crippen LogP contribution < -0.4 is 21.3 Å². The van der Waals surface area contributed by atoms with Gasteiger partial charge in [0, 0.05) is 38.9 Å². The first-order valence-electron chi connectivity index (χ1n) is 8.76. The van der Waals surface area contributed by atoms with Crippen LogP contribution in [-0.4, -0.2) is 72.2 Å². The average molecular weight is 373 g/mol. The molecule has 0 aliphatic carbocycles. The standard InChI is InChI=1S/C18H23N5O4/c1-27-14-4-2-13(3-5-14)23-17(25)15(16(24)21-18(23)26)12-20-8-11-22-9-6-19-7-10-22/h2-5,12,19,25H,6-11H2,1H3,(H,21,24,26). The maximum atomic E-state index is 12.2. The molecule has 1 aliphatic rings.